The van der Waals surface area contributed by atoms with Crippen molar-refractivity contribution in [2.24, 2.45) is 0 Å². The summed E-state index contributed by atoms with van der Waals surface area (Å²) in [6.45, 7) is 6.50. The number of hydrogen-bond donors (Lipinski definition) is 0. The van der Waals surface area contributed by atoms with E-state index in [1.54, 1.807) is 0 Å². The van der Waals surface area contributed by atoms with Crippen LogP contribution in [0.25, 0.3) is 0 Å². The SMILES string of the molecule is CC/C=C\C/C=C\C/C=C\C/C=C\CCCCC(=O)OCC(COC(=O)CCCCCCCC/C=C\C/C=C\C/C=C\CCCCCCC)OC(=O)CCCCCCCCCCCCCCCCCCCC. The smallest absolute Gasteiger partial charge is 0.306 e. The largest absolute Gasteiger partial charge is 0.462 e. The predicted octanol–water partition coefficient (Wildman–Crippen LogP) is 20.7. The molecule has 0 saturated carbocycles. The van der Waals surface area contributed by atoms with Crippen LogP contribution >= 0.6 is 0 Å². The number of esters is 3. The summed E-state index contributed by atoms with van der Waals surface area (Å²) < 4.78 is 16.9. The Labute approximate surface area is 445 Å². The van der Waals surface area contributed by atoms with Crippen molar-refractivity contribution < 1.29 is 28.6 Å². The highest BCUT2D eigenvalue weighted by Crippen LogP contribution is 2.16. The van der Waals surface area contributed by atoms with Gasteiger partial charge in [-0.05, 0) is 96.3 Å². The molecule has 414 valence electrons. The minimum atomic E-state index is -0.799. The van der Waals surface area contributed by atoms with Crippen molar-refractivity contribution in [3.8, 4) is 0 Å². The van der Waals surface area contributed by atoms with Gasteiger partial charge >= 0.3 is 17.9 Å². The molecule has 1 atom stereocenters. The summed E-state index contributed by atoms with van der Waals surface area (Å²) in [6, 6.07) is 0. The summed E-state index contributed by atoms with van der Waals surface area (Å²) in [5.41, 5.74) is 0. The molecule has 0 saturated heterocycles. The lowest BCUT2D eigenvalue weighted by Crippen LogP contribution is -2.30. The zero-order valence-electron chi connectivity index (χ0n) is 47.4. The molecule has 0 fully saturated rings. The summed E-state index contributed by atoms with van der Waals surface area (Å²) in [5.74, 6) is -0.938. The van der Waals surface area contributed by atoms with Gasteiger partial charge in [0, 0.05) is 19.3 Å². The van der Waals surface area contributed by atoms with Crippen molar-refractivity contribution in [1.29, 1.82) is 0 Å². The van der Waals surface area contributed by atoms with E-state index in [2.05, 4.69) is 106 Å². The second-order valence-corrected chi connectivity index (χ2v) is 20.2. The lowest BCUT2D eigenvalue weighted by atomic mass is 10.0. The van der Waals surface area contributed by atoms with Crippen molar-refractivity contribution in [3.63, 3.8) is 0 Å². The maximum absolute atomic E-state index is 12.9. The molecule has 0 aliphatic carbocycles. The van der Waals surface area contributed by atoms with Gasteiger partial charge in [0.15, 0.2) is 6.10 Å². The molecular weight excluding hydrogens is 889 g/mol. The molecule has 0 aliphatic heterocycles. The van der Waals surface area contributed by atoms with Crippen LogP contribution in [0.1, 0.15) is 297 Å². The Bertz CT molecular complexity index is 1380. The Hall–Kier alpha value is -3.41. The highest BCUT2D eigenvalue weighted by Gasteiger charge is 2.19. The zero-order valence-corrected chi connectivity index (χ0v) is 47.4. The van der Waals surface area contributed by atoms with E-state index in [0.29, 0.717) is 19.3 Å². The Morgan fingerprint density at radius 3 is 0.875 bits per heavy atom. The molecule has 0 aliphatic rings. The molecule has 6 nitrogen and oxygen atoms in total. The first-order chi connectivity index (χ1) is 35.5. The lowest BCUT2D eigenvalue weighted by molar-refractivity contribution is -0.167. The molecule has 0 aromatic heterocycles. The Morgan fingerprint density at radius 1 is 0.292 bits per heavy atom. The third-order valence-corrected chi connectivity index (χ3v) is 13.1. The summed E-state index contributed by atoms with van der Waals surface area (Å²) in [5, 5.41) is 0. The lowest BCUT2D eigenvalue weighted by Gasteiger charge is -2.18. The van der Waals surface area contributed by atoms with E-state index in [1.807, 2.05) is 0 Å². The fourth-order valence-corrected chi connectivity index (χ4v) is 8.56. The second-order valence-electron chi connectivity index (χ2n) is 20.2. The molecule has 0 spiro atoms. The third-order valence-electron chi connectivity index (χ3n) is 13.1. The number of ether oxygens (including phenoxy) is 3. The summed E-state index contributed by atoms with van der Waals surface area (Å²) >= 11 is 0. The first kappa shape index (κ1) is 68.6. The molecule has 0 bridgehead atoms. The molecule has 72 heavy (non-hydrogen) atoms. The quantitative estimate of drug-likeness (QED) is 0.0261. The van der Waals surface area contributed by atoms with Crippen LogP contribution in [-0.2, 0) is 28.6 Å². The van der Waals surface area contributed by atoms with Crippen molar-refractivity contribution in [2.75, 3.05) is 13.2 Å². The molecule has 0 N–H and O–H groups in total. The molecule has 0 rings (SSSR count). The molecule has 0 amide bonds. The number of unbranched alkanes of at least 4 members (excludes halogenated alkanes) is 30. The highest BCUT2D eigenvalue weighted by molar-refractivity contribution is 5.71. The zero-order chi connectivity index (χ0) is 52.2. The van der Waals surface area contributed by atoms with Crippen molar-refractivity contribution in [1.82, 2.24) is 0 Å². The molecule has 0 radical (unpaired) electrons. The fraction of sp³-hybridized carbons (Fsp3) is 0.742. The molecule has 0 aromatic rings. The van der Waals surface area contributed by atoms with Crippen LogP contribution < -0.4 is 0 Å². The molecule has 0 heterocycles. The monoisotopic (exact) mass is 1000 g/mol. The summed E-state index contributed by atoms with van der Waals surface area (Å²) in [7, 11) is 0. The third kappa shape index (κ3) is 57.5. The van der Waals surface area contributed by atoms with Gasteiger partial charge in [0.2, 0.25) is 0 Å². The van der Waals surface area contributed by atoms with Gasteiger partial charge in [-0.15, -0.1) is 0 Å². The van der Waals surface area contributed by atoms with E-state index in [1.165, 1.54) is 154 Å². The van der Waals surface area contributed by atoms with Gasteiger partial charge in [-0.2, -0.15) is 0 Å². The predicted molar refractivity (Wildman–Crippen MR) is 311 cm³/mol. The molecule has 6 heteroatoms. The van der Waals surface area contributed by atoms with Crippen LogP contribution in [0, 0.1) is 0 Å². The summed E-state index contributed by atoms with van der Waals surface area (Å²) in [6.07, 6.45) is 78.7. The van der Waals surface area contributed by atoms with Gasteiger partial charge in [0.1, 0.15) is 13.2 Å². The number of hydrogen-bond acceptors (Lipinski definition) is 6. The van der Waals surface area contributed by atoms with Gasteiger partial charge in [-0.3, -0.25) is 14.4 Å². The van der Waals surface area contributed by atoms with Crippen molar-refractivity contribution in [3.05, 3.63) is 85.1 Å². The summed E-state index contributed by atoms with van der Waals surface area (Å²) in [4.78, 5) is 38.2. The van der Waals surface area contributed by atoms with E-state index < -0.39 is 6.10 Å². The topological polar surface area (TPSA) is 78.9 Å². The standard InChI is InChI=1S/C66H114O6/c1-4-7-10-13-16-19-22-25-28-30-32-33-34-36-38-41-44-47-50-53-56-59-65(68)71-62-63(61-70-64(67)58-55-52-49-46-43-40-37-27-24-21-18-15-12-9-6-3)72-66(69)60-57-54-51-48-45-42-39-35-31-29-26-23-20-17-14-11-8-5-2/h9,12,18,21-22,25,27,30,32,34,36-37,43,46,63H,4-8,10-11,13-17,19-20,23-24,26,28-29,31,33,35,38-42,44-45,47-62H2,1-3H3/b12-9-,21-18-,25-22-,32-30-,36-34-,37-27-,46-43-. The van der Waals surface area contributed by atoms with E-state index in [0.717, 1.165) is 103 Å². The minimum absolute atomic E-state index is 0.0948. The highest BCUT2D eigenvalue weighted by atomic mass is 16.6. The van der Waals surface area contributed by atoms with Gasteiger partial charge in [0.25, 0.3) is 0 Å². The average Bonchev–Trinajstić information content (AvgIpc) is 3.38. The van der Waals surface area contributed by atoms with E-state index in [-0.39, 0.29) is 31.1 Å². The Kier molecular flexibility index (Phi) is 57.3. The average molecular weight is 1000 g/mol. The first-order valence-corrected chi connectivity index (χ1v) is 30.6. The normalized spacial score (nSPS) is 12.7. The van der Waals surface area contributed by atoms with E-state index >= 15 is 0 Å². The van der Waals surface area contributed by atoms with Gasteiger partial charge < -0.3 is 14.2 Å². The number of carbonyl (C=O) groups excluding carboxylic acids is 3. The maximum Gasteiger partial charge on any atom is 0.306 e. The van der Waals surface area contributed by atoms with Crippen LogP contribution in [0.5, 0.6) is 0 Å². The molecular formula is C66H114O6. The molecule has 1 unspecified atom stereocenters. The van der Waals surface area contributed by atoms with Gasteiger partial charge in [-0.1, -0.05) is 266 Å². The van der Waals surface area contributed by atoms with Gasteiger partial charge in [-0.25, -0.2) is 0 Å². The molecule has 0 aromatic carbocycles. The Morgan fingerprint density at radius 2 is 0.542 bits per heavy atom. The van der Waals surface area contributed by atoms with Crippen LogP contribution in [-0.4, -0.2) is 37.2 Å². The number of allylic oxidation sites excluding steroid dienone is 14. The van der Waals surface area contributed by atoms with Crippen molar-refractivity contribution in [2.45, 2.75) is 303 Å². The van der Waals surface area contributed by atoms with Crippen LogP contribution in [0.4, 0.5) is 0 Å². The van der Waals surface area contributed by atoms with E-state index in [4.69, 9.17) is 14.2 Å². The minimum Gasteiger partial charge on any atom is -0.462 e. The van der Waals surface area contributed by atoms with Crippen LogP contribution in [0.15, 0.2) is 85.1 Å². The van der Waals surface area contributed by atoms with Crippen LogP contribution in [0.3, 0.4) is 0 Å². The number of rotatable bonds is 55. The van der Waals surface area contributed by atoms with Gasteiger partial charge in [0.05, 0.1) is 0 Å². The number of carbonyl (C=O) groups is 3. The van der Waals surface area contributed by atoms with E-state index in [9.17, 15) is 14.4 Å². The Balaban J connectivity index is 4.43. The van der Waals surface area contributed by atoms with Crippen molar-refractivity contribution >= 4 is 17.9 Å². The maximum atomic E-state index is 12.9. The second kappa shape index (κ2) is 60.1. The first-order valence-electron chi connectivity index (χ1n) is 30.6. The fourth-order valence-electron chi connectivity index (χ4n) is 8.56. The van der Waals surface area contributed by atoms with Crippen LogP contribution in [0.2, 0.25) is 0 Å².